The molecule has 0 N–H and O–H groups in total. The Morgan fingerprint density at radius 1 is 1.21 bits per heavy atom. The molecule has 1 aliphatic rings. The molecular weight excluding hydrogens is 370 g/mol. The van der Waals surface area contributed by atoms with Crippen LogP contribution in [0.1, 0.15) is 42.0 Å². The number of rotatable bonds is 6. The summed E-state index contributed by atoms with van der Waals surface area (Å²) >= 11 is 0. The number of hydrogen-bond acceptors (Lipinski definition) is 5. The zero-order valence-corrected chi connectivity index (χ0v) is 16.4. The molecule has 0 atom stereocenters. The molecule has 1 aromatic carbocycles. The molecule has 0 unspecified atom stereocenters. The lowest BCUT2D eigenvalue weighted by Gasteiger charge is -2.23. The van der Waals surface area contributed by atoms with Crippen LogP contribution in [0.3, 0.4) is 0 Å². The van der Waals surface area contributed by atoms with Gasteiger partial charge in [-0.25, -0.2) is 9.36 Å². The molecular formula is C21H21N5O3. The molecule has 8 nitrogen and oxygen atoms in total. The highest BCUT2D eigenvalue weighted by atomic mass is 16.2. The molecule has 8 heteroatoms. The Morgan fingerprint density at radius 3 is 2.52 bits per heavy atom. The van der Waals surface area contributed by atoms with Crippen LogP contribution in [0.25, 0.3) is 0 Å². The zero-order valence-electron chi connectivity index (χ0n) is 16.4. The molecule has 0 spiro atoms. The largest absolute Gasteiger partial charge is 0.331 e. The number of nitrogens with zero attached hydrogens (tertiary/aromatic N) is 5. The summed E-state index contributed by atoms with van der Waals surface area (Å²) in [6, 6.07) is 9.27. The molecule has 1 saturated carbocycles. The molecule has 148 valence electrons. The third-order valence-corrected chi connectivity index (χ3v) is 5.10. The summed E-state index contributed by atoms with van der Waals surface area (Å²) in [5.41, 5.74) is 1.11. The smallest absolute Gasteiger partial charge is 0.310 e. The molecule has 1 fully saturated rings. The van der Waals surface area contributed by atoms with Crippen LogP contribution in [0.15, 0.2) is 34.0 Å². The van der Waals surface area contributed by atoms with Gasteiger partial charge in [0.05, 0.1) is 12.5 Å². The van der Waals surface area contributed by atoms with Crippen LogP contribution in [-0.2, 0) is 11.3 Å². The van der Waals surface area contributed by atoms with E-state index >= 15 is 0 Å². The Labute approximate surface area is 167 Å². The first-order chi connectivity index (χ1) is 13.9. The van der Waals surface area contributed by atoms with Gasteiger partial charge >= 0.3 is 5.69 Å². The number of aryl methyl sites for hydroxylation is 2. The first kappa shape index (κ1) is 20.1. The maximum absolute atomic E-state index is 13.0. The molecule has 0 bridgehead atoms. The fraction of sp³-hybridized carbons (Fsp3) is 0.381. The number of nitriles is 2. The lowest BCUT2D eigenvalue weighted by molar-refractivity contribution is -0.119. The van der Waals surface area contributed by atoms with Crippen LogP contribution in [0.2, 0.25) is 0 Å². The first-order valence-electron chi connectivity index (χ1n) is 9.38. The number of amides is 1. The highest BCUT2D eigenvalue weighted by Gasteiger charge is 2.28. The van der Waals surface area contributed by atoms with Gasteiger partial charge in [0.1, 0.15) is 18.2 Å². The van der Waals surface area contributed by atoms with E-state index in [0.29, 0.717) is 5.69 Å². The van der Waals surface area contributed by atoms with Crippen molar-refractivity contribution in [3.05, 3.63) is 61.9 Å². The lowest BCUT2D eigenvalue weighted by Crippen LogP contribution is -2.45. The van der Waals surface area contributed by atoms with Gasteiger partial charge in [-0.3, -0.25) is 14.2 Å². The molecule has 0 radical (unpaired) electrons. The zero-order chi connectivity index (χ0) is 21.1. The second-order valence-electron chi connectivity index (χ2n) is 7.19. The Morgan fingerprint density at radius 2 is 1.93 bits per heavy atom. The summed E-state index contributed by atoms with van der Waals surface area (Å²) < 4.78 is 2.18. The van der Waals surface area contributed by atoms with Crippen LogP contribution in [-0.4, -0.2) is 21.6 Å². The second kappa shape index (κ2) is 8.15. The predicted octanol–water partition coefficient (Wildman–Crippen LogP) is 1.78. The summed E-state index contributed by atoms with van der Waals surface area (Å²) in [5, 5.41) is 18.2. The van der Waals surface area contributed by atoms with Crippen LogP contribution >= 0.6 is 0 Å². The maximum Gasteiger partial charge on any atom is 0.331 e. The Bertz CT molecular complexity index is 1160. The Hall–Kier alpha value is -3.65. The van der Waals surface area contributed by atoms with Gasteiger partial charge in [-0.15, -0.1) is 0 Å². The highest BCUT2D eigenvalue weighted by molar-refractivity contribution is 5.93. The maximum atomic E-state index is 13.0. The monoisotopic (exact) mass is 391 g/mol. The minimum Gasteiger partial charge on any atom is -0.310 e. The van der Waals surface area contributed by atoms with Gasteiger partial charge in [-0.1, -0.05) is 6.07 Å². The van der Waals surface area contributed by atoms with Crippen molar-refractivity contribution in [3.63, 3.8) is 0 Å². The van der Waals surface area contributed by atoms with Crippen molar-refractivity contribution in [2.45, 2.75) is 45.7 Å². The van der Waals surface area contributed by atoms with E-state index in [-0.39, 0.29) is 24.6 Å². The third kappa shape index (κ3) is 4.12. The molecule has 1 amide bonds. The van der Waals surface area contributed by atoms with Crippen LogP contribution in [0, 0.1) is 36.5 Å². The molecule has 1 aromatic heterocycles. The standard InChI is InChI=1S/C21H21N5O3/c1-14-4-5-18(10-15(14)2)24(9-3-8-22)19(27)13-26-20(28)16(11-23)12-25(21(26)29)17-6-7-17/h4-5,10,12,17H,3,6-7,9,13H2,1-2H3. The van der Waals surface area contributed by atoms with Crippen LogP contribution in [0.5, 0.6) is 0 Å². The SMILES string of the molecule is Cc1ccc(N(CCC#N)C(=O)Cn2c(=O)c(C#N)cn(C3CC3)c2=O)cc1C. The van der Waals surface area contributed by atoms with E-state index in [1.807, 2.05) is 38.1 Å². The highest BCUT2D eigenvalue weighted by Crippen LogP contribution is 2.33. The van der Waals surface area contributed by atoms with Crippen molar-refractivity contribution >= 4 is 11.6 Å². The molecule has 1 aliphatic carbocycles. The van der Waals surface area contributed by atoms with E-state index in [2.05, 4.69) is 0 Å². The molecule has 0 saturated heterocycles. The fourth-order valence-corrected chi connectivity index (χ4v) is 3.13. The first-order valence-corrected chi connectivity index (χ1v) is 9.38. The quantitative estimate of drug-likeness (QED) is 0.745. The summed E-state index contributed by atoms with van der Waals surface area (Å²) in [5.74, 6) is -0.486. The number of aromatic nitrogens is 2. The van der Waals surface area contributed by atoms with E-state index in [0.717, 1.165) is 28.5 Å². The minimum absolute atomic E-state index is 0.0361. The summed E-state index contributed by atoms with van der Waals surface area (Å²) in [7, 11) is 0. The average molecular weight is 391 g/mol. The van der Waals surface area contributed by atoms with Gasteiger partial charge in [0.25, 0.3) is 5.56 Å². The van der Waals surface area contributed by atoms with Gasteiger partial charge in [0, 0.05) is 24.5 Å². The minimum atomic E-state index is -0.775. The van der Waals surface area contributed by atoms with Gasteiger partial charge in [0.2, 0.25) is 5.91 Å². The number of carbonyl (C=O) groups excluding carboxylic acids is 1. The third-order valence-electron chi connectivity index (χ3n) is 5.10. The van der Waals surface area contributed by atoms with E-state index in [1.165, 1.54) is 15.7 Å². The summed E-state index contributed by atoms with van der Waals surface area (Å²) in [4.78, 5) is 39.7. The van der Waals surface area contributed by atoms with Gasteiger partial charge < -0.3 is 4.90 Å². The summed E-state index contributed by atoms with van der Waals surface area (Å²) in [6.07, 6.45) is 2.99. The second-order valence-corrected chi connectivity index (χ2v) is 7.19. The fourth-order valence-electron chi connectivity index (χ4n) is 3.13. The van der Waals surface area contributed by atoms with Crippen molar-refractivity contribution in [2.24, 2.45) is 0 Å². The number of benzene rings is 1. The molecule has 29 heavy (non-hydrogen) atoms. The summed E-state index contributed by atoms with van der Waals surface area (Å²) in [6.45, 7) is 3.52. The molecule has 1 heterocycles. The normalized spacial score (nSPS) is 12.8. The van der Waals surface area contributed by atoms with Gasteiger partial charge in [-0.05, 0) is 49.9 Å². The predicted molar refractivity (Wildman–Crippen MR) is 106 cm³/mol. The average Bonchev–Trinajstić information content (AvgIpc) is 3.53. The van der Waals surface area contributed by atoms with Gasteiger partial charge in [-0.2, -0.15) is 10.5 Å². The number of hydrogen-bond donors (Lipinski definition) is 0. The van der Waals surface area contributed by atoms with Crippen molar-refractivity contribution in [1.29, 1.82) is 10.5 Å². The van der Waals surface area contributed by atoms with E-state index < -0.39 is 23.7 Å². The van der Waals surface area contributed by atoms with Crippen molar-refractivity contribution in [3.8, 4) is 12.1 Å². The van der Waals surface area contributed by atoms with Crippen molar-refractivity contribution in [2.75, 3.05) is 11.4 Å². The van der Waals surface area contributed by atoms with Crippen molar-refractivity contribution in [1.82, 2.24) is 9.13 Å². The molecule has 3 rings (SSSR count). The topological polar surface area (TPSA) is 112 Å². The van der Waals surface area contributed by atoms with Crippen LogP contribution < -0.4 is 16.1 Å². The van der Waals surface area contributed by atoms with Crippen molar-refractivity contribution < 1.29 is 4.79 Å². The van der Waals surface area contributed by atoms with Gasteiger partial charge in [0.15, 0.2) is 0 Å². The Balaban J connectivity index is 2.00. The number of anilines is 1. The lowest BCUT2D eigenvalue weighted by atomic mass is 10.1. The van der Waals surface area contributed by atoms with E-state index in [1.54, 1.807) is 6.07 Å². The number of carbonyl (C=O) groups is 1. The molecule has 2 aromatic rings. The van der Waals surface area contributed by atoms with Crippen LogP contribution in [0.4, 0.5) is 5.69 Å². The molecule has 0 aliphatic heterocycles. The Kier molecular flexibility index (Phi) is 5.65. The van der Waals surface area contributed by atoms with E-state index in [4.69, 9.17) is 5.26 Å². The van der Waals surface area contributed by atoms with E-state index in [9.17, 15) is 19.6 Å².